The van der Waals surface area contributed by atoms with Gasteiger partial charge in [0.25, 0.3) is 0 Å². The van der Waals surface area contributed by atoms with Crippen LogP contribution in [0.1, 0.15) is 36.9 Å². The molecule has 1 N–H and O–H groups in total. The summed E-state index contributed by atoms with van der Waals surface area (Å²) < 4.78 is 10.8. The maximum Gasteiger partial charge on any atom is 0.231 e. The quantitative estimate of drug-likeness (QED) is 0.403. The van der Waals surface area contributed by atoms with Crippen molar-refractivity contribution in [3.05, 3.63) is 94.0 Å². The number of ether oxygens (including phenoxy) is 2. The lowest BCUT2D eigenvalue weighted by atomic mass is 9.77. The maximum absolute atomic E-state index is 13.3. The van der Waals surface area contributed by atoms with E-state index in [9.17, 15) is 9.90 Å². The number of piperidine rings is 1. The van der Waals surface area contributed by atoms with E-state index in [1.165, 1.54) is 0 Å². The SMILES string of the molecule is COc1ccc(CN2C(=O)C(C)(CO)CCC2c2ccc(Cl)cc2)c(OC)c1.Clc1ccccc1. The molecule has 0 bridgehead atoms. The smallest absolute Gasteiger partial charge is 0.231 e. The standard InChI is InChI=1S/C22H26ClNO4.C6H5Cl/c1-22(14-25)11-10-19(15-4-7-17(23)8-5-15)24(21(22)26)13-16-6-9-18(27-2)12-20(16)28-3;7-6-4-2-1-3-5-6/h4-9,12,19,25H,10-11,13-14H2,1-3H3;1-5H. The molecule has 3 aromatic rings. The van der Waals surface area contributed by atoms with E-state index in [0.29, 0.717) is 29.5 Å². The van der Waals surface area contributed by atoms with Crippen LogP contribution < -0.4 is 9.47 Å². The molecule has 35 heavy (non-hydrogen) atoms. The van der Waals surface area contributed by atoms with Crippen LogP contribution in [0.15, 0.2) is 72.8 Å². The van der Waals surface area contributed by atoms with Gasteiger partial charge in [-0.3, -0.25) is 4.79 Å². The number of aliphatic hydroxyl groups is 1. The third-order valence-corrected chi connectivity index (χ3v) is 6.80. The Morgan fingerprint density at radius 1 is 0.971 bits per heavy atom. The number of benzene rings is 3. The third kappa shape index (κ3) is 6.69. The van der Waals surface area contributed by atoms with Crippen molar-refractivity contribution >= 4 is 29.1 Å². The molecule has 1 aliphatic rings. The first-order valence-electron chi connectivity index (χ1n) is 11.4. The topological polar surface area (TPSA) is 59.0 Å². The molecule has 3 aromatic carbocycles. The van der Waals surface area contributed by atoms with Crippen LogP contribution >= 0.6 is 23.2 Å². The van der Waals surface area contributed by atoms with Gasteiger partial charge in [0, 0.05) is 28.2 Å². The largest absolute Gasteiger partial charge is 0.497 e. The zero-order valence-corrected chi connectivity index (χ0v) is 21.7. The summed E-state index contributed by atoms with van der Waals surface area (Å²) in [4.78, 5) is 15.2. The number of amides is 1. The highest BCUT2D eigenvalue weighted by Crippen LogP contribution is 2.42. The number of methoxy groups -OCH3 is 2. The molecule has 0 aromatic heterocycles. The highest BCUT2D eigenvalue weighted by atomic mass is 35.5. The number of likely N-dealkylation sites (tertiary alicyclic amines) is 1. The Kier molecular flexibility index (Phi) is 9.44. The minimum absolute atomic E-state index is 0.0564. The van der Waals surface area contributed by atoms with E-state index in [2.05, 4.69) is 0 Å². The summed E-state index contributed by atoms with van der Waals surface area (Å²) >= 11 is 11.6. The molecule has 0 saturated carbocycles. The number of aliphatic hydroxyl groups excluding tert-OH is 1. The molecule has 0 aliphatic carbocycles. The van der Waals surface area contributed by atoms with Gasteiger partial charge in [-0.2, -0.15) is 0 Å². The van der Waals surface area contributed by atoms with Crippen molar-refractivity contribution in [1.82, 2.24) is 4.90 Å². The molecule has 7 heteroatoms. The summed E-state index contributed by atoms with van der Waals surface area (Å²) in [5, 5.41) is 11.3. The summed E-state index contributed by atoms with van der Waals surface area (Å²) in [5.74, 6) is 1.30. The van der Waals surface area contributed by atoms with E-state index in [1.54, 1.807) is 14.2 Å². The number of hydrogen-bond donors (Lipinski definition) is 1. The molecule has 1 saturated heterocycles. The number of rotatable bonds is 6. The average molecular weight is 516 g/mol. The zero-order valence-electron chi connectivity index (χ0n) is 20.2. The molecular formula is C28H31Cl2NO4. The first kappa shape index (κ1) is 26.9. The Hall–Kier alpha value is -2.73. The predicted molar refractivity (Wildman–Crippen MR) is 140 cm³/mol. The van der Waals surface area contributed by atoms with E-state index < -0.39 is 5.41 Å². The predicted octanol–water partition coefficient (Wildman–Crippen LogP) is 6.56. The Labute approximate surface area is 217 Å². The molecule has 5 nitrogen and oxygen atoms in total. The molecule has 1 amide bonds. The van der Waals surface area contributed by atoms with Crippen LogP contribution in [0.3, 0.4) is 0 Å². The number of halogens is 2. The van der Waals surface area contributed by atoms with Crippen molar-refractivity contribution < 1.29 is 19.4 Å². The van der Waals surface area contributed by atoms with Crippen LogP contribution in [-0.2, 0) is 11.3 Å². The van der Waals surface area contributed by atoms with E-state index in [-0.39, 0.29) is 18.6 Å². The van der Waals surface area contributed by atoms with Crippen LogP contribution in [-0.4, -0.2) is 36.7 Å². The first-order chi connectivity index (χ1) is 16.8. The lowest BCUT2D eigenvalue weighted by Crippen LogP contribution is -2.50. The van der Waals surface area contributed by atoms with Gasteiger partial charge in [-0.1, -0.05) is 53.5 Å². The van der Waals surface area contributed by atoms with Gasteiger partial charge in [0.2, 0.25) is 5.91 Å². The van der Waals surface area contributed by atoms with Crippen LogP contribution in [0.5, 0.6) is 11.5 Å². The summed E-state index contributed by atoms with van der Waals surface area (Å²) in [6.07, 6.45) is 1.40. The van der Waals surface area contributed by atoms with E-state index in [1.807, 2.05) is 84.6 Å². The van der Waals surface area contributed by atoms with Crippen LogP contribution in [0.25, 0.3) is 0 Å². The van der Waals surface area contributed by atoms with Gasteiger partial charge < -0.3 is 19.5 Å². The van der Waals surface area contributed by atoms with Crippen LogP contribution in [0.4, 0.5) is 0 Å². The molecular weight excluding hydrogens is 485 g/mol. The Bertz CT molecular complexity index is 1110. The normalized spacial score (nSPS) is 19.5. The number of nitrogens with zero attached hydrogens (tertiary/aromatic N) is 1. The lowest BCUT2D eigenvalue weighted by Gasteiger charge is -2.44. The van der Waals surface area contributed by atoms with Crippen molar-refractivity contribution in [3.63, 3.8) is 0 Å². The van der Waals surface area contributed by atoms with Crippen LogP contribution in [0, 0.1) is 5.41 Å². The Balaban J connectivity index is 0.000000420. The van der Waals surface area contributed by atoms with E-state index >= 15 is 0 Å². The molecule has 0 radical (unpaired) electrons. The average Bonchev–Trinajstić information content (AvgIpc) is 2.88. The van der Waals surface area contributed by atoms with Gasteiger partial charge in [0.15, 0.2) is 0 Å². The van der Waals surface area contributed by atoms with Gasteiger partial charge in [0.05, 0.1) is 32.3 Å². The second-order valence-corrected chi connectivity index (χ2v) is 9.60. The van der Waals surface area contributed by atoms with Crippen molar-refractivity contribution in [2.75, 3.05) is 20.8 Å². The van der Waals surface area contributed by atoms with Gasteiger partial charge in [-0.05, 0) is 61.7 Å². The summed E-state index contributed by atoms with van der Waals surface area (Å²) in [7, 11) is 3.21. The summed E-state index contributed by atoms with van der Waals surface area (Å²) in [5.41, 5.74) is 1.14. The zero-order chi connectivity index (χ0) is 25.4. The molecule has 1 fully saturated rings. The minimum atomic E-state index is -0.775. The number of carbonyl (C=O) groups excluding carboxylic acids is 1. The summed E-state index contributed by atoms with van der Waals surface area (Å²) in [6.45, 7) is 2.04. The molecule has 2 atom stereocenters. The second-order valence-electron chi connectivity index (χ2n) is 8.73. The monoisotopic (exact) mass is 515 g/mol. The Morgan fingerprint density at radius 2 is 1.63 bits per heavy atom. The van der Waals surface area contributed by atoms with Crippen LogP contribution in [0.2, 0.25) is 10.0 Å². The molecule has 1 aliphatic heterocycles. The molecule has 2 unspecified atom stereocenters. The highest BCUT2D eigenvalue weighted by molar-refractivity contribution is 6.30. The van der Waals surface area contributed by atoms with Crippen molar-refractivity contribution in [2.45, 2.75) is 32.4 Å². The third-order valence-electron chi connectivity index (χ3n) is 6.29. The van der Waals surface area contributed by atoms with Gasteiger partial charge in [0.1, 0.15) is 11.5 Å². The minimum Gasteiger partial charge on any atom is -0.497 e. The van der Waals surface area contributed by atoms with E-state index in [4.69, 9.17) is 32.7 Å². The fraction of sp³-hybridized carbons (Fsp3) is 0.321. The van der Waals surface area contributed by atoms with Gasteiger partial charge in [-0.15, -0.1) is 0 Å². The maximum atomic E-state index is 13.3. The van der Waals surface area contributed by atoms with Gasteiger partial charge >= 0.3 is 0 Å². The molecule has 0 spiro atoms. The molecule has 4 rings (SSSR count). The molecule has 186 valence electrons. The molecule has 1 heterocycles. The van der Waals surface area contributed by atoms with Crippen molar-refractivity contribution in [2.24, 2.45) is 5.41 Å². The van der Waals surface area contributed by atoms with Gasteiger partial charge in [-0.25, -0.2) is 0 Å². The summed E-state index contributed by atoms with van der Waals surface area (Å²) in [6, 6.07) is 22.5. The fourth-order valence-corrected chi connectivity index (χ4v) is 4.42. The fourth-order valence-electron chi connectivity index (χ4n) is 4.15. The number of hydrogen-bond acceptors (Lipinski definition) is 4. The second kappa shape index (κ2) is 12.3. The van der Waals surface area contributed by atoms with Crippen molar-refractivity contribution in [3.8, 4) is 11.5 Å². The first-order valence-corrected chi connectivity index (χ1v) is 12.2. The Morgan fingerprint density at radius 3 is 2.17 bits per heavy atom. The highest BCUT2D eigenvalue weighted by Gasteiger charge is 2.44. The van der Waals surface area contributed by atoms with E-state index in [0.717, 1.165) is 22.6 Å². The number of carbonyl (C=O) groups is 1. The lowest BCUT2D eigenvalue weighted by molar-refractivity contribution is -0.153. The van der Waals surface area contributed by atoms with Crippen molar-refractivity contribution in [1.29, 1.82) is 0 Å².